The molecule has 0 aliphatic carbocycles. The standard InChI is InChI=1S/C75H120O12/c1-4-7-10-13-16-19-22-25-28-31-34-37-40-43-46-49-52-55-58-61-67(76)83-64-66(85-68(77)62-59-56-53-50-47-44-41-38-35-32-29-26-23-20-17-14-11-8-5-2)65-84-75-73(71(80)70(79)72(87-75)74(81)82)86-69(78)63-60-57-54-51-48-45-42-39-36-33-30-27-24-21-18-15-12-9-6-3/h7,9-10,12,16,18-19,21,25-30,34,36-37,39,45,48,54,57,66,70-73,75,79-80H,4-6,8,11,13-15,17,20,22-24,31-33,35,38,40-44,46-47,49-53,55-56,58-65H2,1-3H3,(H,81,82)/b10-7-,12-9-,19-16-,21-18-,28-25-,29-26-,30-27-,37-34-,39-36-,48-45-,57-54-. The van der Waals surface area contributed by atoms with Crippen LogP contribution in [-0.2, 0) is 42.9 Å². The number of carbonyl (C=O) groups excluding carboxylic acids is 3. The minimum Gasteiger partial charge on any atom is -0.479 e. The molecule has 1 rings (SSSR count). The highest BCUT2D eigenvalue weighted by molar-refractivity contribution is 5.74. The second-order valence-corrected chi connectivity index (χ2v) is 22.7. The number of ether oxygens (including phenoxy) is 5. The van der Waals surface area contributed by atoms with E-state index in [0.717, 1.165) is 128 Å². The van der Waals surface area contributed by atoms with Crippen LogP contribution in [0.5, 0.6) is 0 Å². The molecule has 0 bridgehead atoms. The van der Waals surface area contributed by atoms with E-state index in [1.165, 1.54) is 70.6 Å². The maximum absolute atomic E-state index is 13.2. The van der Waals surface area contributed by atoms with Gasteiger partial charge in [0, 0.05) is 19.3 Å². The molecule has 1 aliphatic rings. The van der Waals surface area contributed by atoms with Crippen molar-refractivity contribution in [3.8, 4) is 0 Å². The van der Waals surface area contributed by atoms with Gasteiger partial charge in [0.1, 0.15) is 18.8 Å². The number of carbonyl (C=O) groups is 4. The molecule has 1 heterocycles. The summed E-state index contributed by atoms with van der Waals surface area (Å²) in [5.74, 6) is -3.26. The lowest BCUT2D eigenvalue weighted by Gasteiger charge is -2.40. The van der Waals surface area contributed by atoms with Gasteiger partial charge in [0.15, 0.2) is 24.6 Å². The maximum atomic E-state index is 13.2. The highest BCUT2D eigenvalue weighted by Crippen LogP contribution is 2.26. The smallest absolute Gasteiger partial charge is 0.335 e. The van der Waals surface area contributed by atoms with Crippen LogP contribution >= 0.6 is 0 Å². The van der Waals surface area contributed by atoms with E-state index in [9.17, 15) is 34.5 Å². The Morgan fingerprint density at radius 3 is 1.16 bits per heavy atom. The molecular formula is C75H120O12. The quantitative estimate of drug-likeness (QED) is 0.0228. The third-order valence-electron chi connectivity index (χ3n) is 14.7. The molecule has 0 spiro atoms. The molecule has 0 amide bonds. The Bertz CT molecular complexity index is 2020. The first-order valence-corrected chi connectivity index (χ1v) is 34.2. The van der Waals surface area contributed by atoms with Crippen LogP contribution in [0.3, 0.4) is 0 Å². The molecule has 1 fully saturated rings. The Morgan fingerprint density at radius 1 is 0.391 bits per heavy atom. The molecule has 12 heteroatoms. The van der Waals surface area contributed by atoms with E-state index >= 15 is 0 Å². The van der Waals surface area contributed by atoms with Gasteiger partial charge in [0.25, 0.3) is 0 Å². The monoisotopic (exact) mass is 1210 g/mol. The van der Waals surface area contributed by atoms with E-state index in [2.05, 4.69) is 136 Å². The summed E-state index contributed by atoms with van der Waals surface area (Å²) in [7, 11) is 0. The fourth-order valence-electron chi connectivity index (χ4n) is 9.56. The largest absolute Gasteiger partial charge is 0.479 e. The number of hydrogen-bond donors (Lipinski definition) is 3. The predicted octanol–water partition coefficient (Wildman–Crippen LogP) is 18.9. The Balaban J connectivity index is 2.71. The van der Waals surface area contributed by atoms with Gasteiger partial charge < -0.3 is 39.0 Å². The van der Waals surface area contributed by atoms with E-state index in [0.29, 0.717) is 25.7 Å². The zero-order valence-corrected chi connectivity index (χ0v) is 54.5. The molecule has 0 radical (unpaired) electrons. The van der Waals surface area contributed by atoms with Crippen LogP contribution < -0.4 is 0 Å². The third kappa shape index (κ3) is 50.4. The number of aliphatic carboxylic acids is 1. The molecule has 0 saturated carbocycles. The molecule has 0 aromatic heterocycles. The minimum atomic E-state index is -1.94. The summed E-state index contributed by atoms with van der Waals surface area (Å²) < 4.78 is 28.5. The zero-order chi connectivity index (χ0) is 63.1. The zero-order valence-electron chi connectivity index (χ0n) is 54.5. The molecule has 6 unspecified atom stereocenters. The average Bonchev–Trinajstić information content (AvgIpc) is 2.60. The van der Waals surface area contributed by atoms with Crippen LogP contribution in [0.15, 0.2) is 134 Å². The molecular weight excluding hydrogens is 1090 g/mol. The summed E-state index contributed by atoms with van der Waals surface area (Å²) in [4.78, 5) is 51.4. The van der Waals surface area contributed by atoms with Crippen LogP contribution in [-0.4, -0.2) is 89.2 Å². The molecule has 3 N–H and O–H groups in total. The lowest BCUT2D eigenvalue weighted by molar-refractivity contribution is -0.301. The van der Waals surface area contributed by atoms with Crippen LogP contribution in [0.1, 0.15) is 265 Å². The number of unbranched alkanes of at least 4 members (excludes halogenated alkanes) is 21. The van der Waals surface area contributed by atoms with Gasteiger partial charge in [-0.1, -0.05) is 257 Å². The molecule has 1 aliphatic heterocycles. The molecule has 12 nitrogen and oxygen atoms in total. The van der Waals surface area contributed by atoms with Gasteiger partial charge in [-0.25, -0.2) is 4.79 Å². The van der Waals surface area contributed by atoms with Crippen LogP contribution in [0.2, 0.25) is 0 Å². The first-order valence-electron chi connectivity index (χ1n) is 34.2. The number of rotatable bonds is 57. The number of aliphatic hydroxyl groups excluding tert-OH is 2. The maximum Gasteiger partial charge on any atom is 0.335 e. The Morgan fingerprint density at radius 2 is 0.747 bits per heavy atom. The molecule has 492 valence electrons. The Labute approximate surface area is 528 Å². The molecule has 0 aromatic rings. The minimum absolute atomic E-state index is 0.0725. The lowest BCUT2D eigenvalue weighted by Crippen LogP contribution is -2.61. The second kappa shape index (κ2) is 61.1. The molecule has 1 saturated heterocycles. The normalized spacial score (nSPS) is 18.2. The van der Waals surface area contributed by atoms with Gasteiger partial charge in [0.2, 0.25) is 0 Å². The van der Waals surface area contributed by atoms with E-state index in [1.54, 1.807) is 0 Å². The summed E-state index contributed by atoms with van der Waals surface area (Å²) in [5, 5.41) is 31.6. The van der Waals surface area contributed by atoms with Crippen molar-refractivity contribution in [2.45, 2.75) is 302 Å². The van der Waals surface area contributed by atoms with Gasteiger partial charge >= 0.3 is 23.9 Å². The van der Waals surface area contributed by atoms with Crippen molar-refractivity contribution in [2.24, 2.45) is 0 Å². The number of carboxylic acids is 1. The van der Waals surface area contributed by atoms with Crippen LogP contribution in [0, 0.1) is 0 Å². The van der Waals surface area contributed by atoms with Gasteiger partial charge in [-0.15, -0.1) is 0 Å². The number of aliphatic hydroxyl groups is 2. The molecule has 87 heavy (non-hydrogen) atoms. The van der Waals surface area contributed by atoms with E-state index in [4.69, 9.17) is 23.7 Å². The fourth-order valence-corrected chi connectivity index (χ4v) is 9.56. The summed E-state index contributed by atoms with van der Waals surface area (Å²) in [6, 6.07) is 0. The van der Waals surface area contributed by atoms with E-state index in [-0.39, 0.29) is 25.9 Å². The van der Waals surface area contributed by atoms with Crippen molar-refractivity contribution in [1.82, 2.24) is 0 Å². The highest BCUT2D eigenvalue weighted by atomic mass is 16.7. The topological polar surface area (TPSA) is 175 Å². The highest BCUT2D eigenvalue weighted by Gasteiger charge is 2.50. The first-order chi connectivity index (χ1) is 42.6. The lowest BCUT2D eigenvalue weighted by atomic mass is 9.98. The van der Waals surface area contributed by atoms with Crippen molar-refractivity contribution < 1.29 is 58.2 Å². The third-order valence-corrected chi connectivity index (χ3v) is 14.7. The summed E-state index contributed by atoms with van der Waals surface area (Å²) in [6.07, 6.45) is 74.1. The van der Waals surface area contributed by atoms with Gasteiger partial charge in [-0.05, 0) is 122 Å². The summed E-state index contributed by atoms with van der Waals surface area (Å²) in [5.41, 5.74) is 0. The average molecular weight is 1210 g/mol. The predicted molar refractivity (Wildman–Crippen MR) is 358 cm³/mol. The van der Waals surface area contributed by atoms with Crippen LogP contribution in [0.25, 0.3) is 0 Å². The van der Waals surface area contributed by atoms with E-state index < -0.39 is 67.3 Å². The van der Waals surface area contributed by atoms with Crippen molar-refractivity contribution in [1.29, 1.82) is 0 Å². The fraction of sp³-hybridized carbons (Fsp3) is 0.653. The SMILES string of the molecule is CC/C=C\C/C=C\C/C=C\C/C=C\C/C=C\C/C=C\CCC(=O)OC1C(OCC(COC(=O)CCCCCCCC/C=C\C/C=C\C/C=C\C/C=C\CC)OC(=O)CCCCCCCCCCC/C=C\CCCCCCCC)OC(C(=O)O)C(O)C1O. The first kappa shape index (κ1) is 79.9. The molecule has 0 aromatic carbocycles. The Kier molecular flexibility index (Phi) is 56.1. The van der Waals surface area contributed by atoms with Gasteiger partial charge in [-0.2, -0.15) is 0 Å². The summed E-state index contributed by atoms with van der Waals surface area (Å²) >= 11 is 0. The number of esters is 3. The van der Waals surface area contributed by atoms with Gasteiger partial charge in [0.05, 0.1) is 6.61 Å². The Hall–Kier alpha value is -5.14. The molecule has 6 atom stereocenters. The number of carboxylic acid groups (broad SMARTS) is 1. The second-order valence-electron chi connectivity index (χ2n) is 22.7. The summed E-state index contributed by atoms with van der Waals surface area (Å²) in [6.45, 7) is 5.74. The number of allylic oxidation sites excluding steroid dienone is 22. The van der Waals surface area contributed by atoms with Gasteiger partial charge in [-0.3, -0.25) is 14.4 Å². The van der Waals surface area contributed by atoms with Crippen molar-refractivity contribution in [2.75, 3.05) is 13.2 Å². The van der Waals surface area contributed by atoms with E-state index in [1.807, 2.05) is 18.2 Å². The van der Waals surface area contributed by atoms with Crippen molar-refractivity contribution >= 4 is 23.9 Å². The van der Waals surface area contributed by atoms with Crippen molar-refractivity contribution in [3.05, 3.63) is 134 Å². The van der Waals surface area contributed by atoms with Crippen LogP contribution in [0.4, 0.5) is 0 Å². The van der Waals surface area contributed by atoms with Crippen molar-refractivity contribution in [3.63, 3.8) is 0 Å². The number of hydrogen-bond acceptors (Lipinski definition) is 11.